The van der Waals surface area contributed by atoms with Crippen molar-refractivity contribution in [2.75, 3.05) is 33.2 Å². The first-order valence-electron chi connectivity index (χ1n) is 6.37. The van der Waals surface area contributed by atoms with Crippen molar-refractivity contribution in [3.05, 3.63) is 0 Å². The lowest BCUT2D eigenvalue weighted by atomic mass is 10.1. The van der Waals surface area contributed by atoms with Crippen molar-refractivity contribution in [1.82, 2.24) is 9.80 Å². The maximum Gasteiger partial charge on any atom is 0.224 e. The van der Waals surface area contributed by atoms with Crippen molar-refractivity contribution in [2.24, 2.45) is 5.73 Å². The van der Waals surface area contributed by atoms with Gasteiger partial charge in [0, 0.05) is 32.1 Å². The molecule has 1 heterocycles. The highest BCUT2D eigenvalue weighted by Crippen LogP contribution is 2.11. The molecule has 2 N–H and O–H groups in total. The van der Waals surface area contributed by atoms with Crippen LogP contribution in [-0.2, 0) is 4.79 Å². The molecule has 94 valence electrons. The second-order valence-electron chi connectivity index (χ2n) is 4.66. The normalized spacial score (nSPS) is 18.1. The van der Waals surface area contributed by atoms with Gasteiger partial charge in [-0.3, -0.25) is 4.79 Å². The second-order valence-corrected chi connectivity index (χ2v) is 4.66. The van der Waals surface area contributed by atoms with Crippen molar-refractivity contribution < 1.29 is 4.79 Å². The molecule has 1 fully saturated rings. The SMILES string of the molecule is CCCN(C)C(CN)CC(=O)N1CCCC1. The third-order valence-corrected chi connectivity index (χ3v) is 3.34. The highest BCUT2D eigenvalue weighted by atomic mass is 16.2. The Bertz CT molecular complexity index is 214. The van der Waals surface area contributed by atoms with Crippen molar-refractivity contribution >= 4 is 5.91 Å². The minimum Gasteiger partial charge on any atom is -0.343 e. The summed E-state index contributed by atoms with van der Waals surface area (Å²) in [4.78, 5) is 16.1. The predicted octanol–water partition coefficient (Wildman–Crippen LogP) is 0.668. The van der Waals surface area contributed by atoms with Gasteiger partial charge in [-0.2, -0.15) is 0 Å². The monoisotopic (exact) mass is 227 g/mol. The molecule has 1 aliphatic heterocycles. The van der Waals surface area contributed by atoms with Gasteiger partial charge >= 0.3 is 0 Å². The molecule has 1 atom stereocenters. The Labute approximate surface area is 98.8 Å². The standard InChI is InChI=1S/C12H25N3O/c1-3-6-14(2)11(10-13)9-12(16)15-7-4-5-8-15/h11H,3-10,13H2,1-2H3. The van der Waals surface area contributed by atoms with Crippen LogP contribution in [0.3, 0.4) is 0 Å². The molecule has 1 amide bonds. The zero-order chi connectivity index (χ0) is 12.0. The molecule has 0 aromatic heterocycles. The van der Waals surface area contributed by atoms with E-state index in [0.29, 0.717) is 13.0 Å². The van der Waals surface area contributed by atoms with Gasteiger partial charge in [0.25, 0.3) is 0 Å². The Morgan fingerprint density at radius 3 is 2.56 bits per heavy atom. The quantitative estimate of drug-likeness (QED) is 0.725. The summed E-state index contributed by atoms with van der Waals surface area (Å²) in [6.45, 7) is 5.60. The van der Waals surface area contributed by atoms with Crippen LogP contribution in [0.25, 0.3) is 0 Å². The van der Waals surface area contributed by atoms with Gasteiger partial charge in [0.05, 0.1) is 0 Å². The van der Waals surface area contributed by atoms with Crippen LogP contribution in [0.5, 0.6) is 0 Å². The second kappa shape index (κ2) is 6.86. The van der Waals surface area contributed by atoms with E-state index in [4.69, 9.17) is 5.73 Å². The van der Waals surface area contributed by atoms with Gasteiger partial charge in [-0.15, -0.1) is 0 Å². The summed E-state index contributed by atoms with van der Waals surface area (Å²) in [7, 11) is 2.05. The molecule has 4 nitrogen and oxygen atoms in total. The molecule has 1 unspecified atom stereocenters. The molecule has 16 heavy (non-hydrogen) atoms. The van der Waals surface area contributed by atoms with Gasteiger partial charge in [0.1, 0.15) is 0 Å². The molecule has 0 saturated carbocycles. The lowest BCUT2D eigenvalue weighted by Crippen LogP contribution is -2.42. The summed E-state index contributed by atoms with van der Waals surface area (Å²) >= 11 is 0. The number of hydrogen-bond donors (Lipinski definition) is 1. The Balaban J connectivity index is 2.39. The fourth-order valence-electron chi connectivity index (χ4n) is 2.25. The molecule has 0 aromatic carbocycles. The smallest absolute Gasteiger partial charge is 0.224 e. The summed E-state index contributed by atoms with van der Waals surface area (Å²) in [5, 5.41) is 0. The molecular formula is C12H25N3O. The van der Waals surface area contributed by atoms with E-state index in [1.807, 2.05) is 4.90 Å². The molecule has 0 radical (unpaired) electrons. The van der Waals surface area contributed by atoms with Crippen LogP contribution in [0.4, 0.5) is 0 Å². The Morgan fingerprint density at radius 1 is 1.44 bits per heavy atom. The lowest BCUT2D eigenvalue weighted by Gasteiger charge is -2.27. The van der Waals surface area contributed by atoms with E-state index in [0.717, 1.165) is 38.9 Å². The van der Waals surface area contributed by atoms with Gasteiger partial charge in [0.15, 0.2) is 0 Å². The average Bonchev–Trinajstić information content (AvgIpc) is 2.79. The molecular weight excluding hydrogens is 202 g/mol. The van der Waals surface area contributed by atoms with E-state index in [9.17, 15) is 4.79 Å². The number of likely N-dealkylation sites (N-methyl/N-ethyl adjacent to an activating group) is 1. The summed E-state index contributed by atoms with van der Waals surface area (Å²) < 4.78 is 0. The van der Waals surface area contributed by atoms with Crippen LogP contribution in [0, 0.1) is 0 Å². The van der Waals surface area contributed by atoms with E-state index in [1.165, 1.54) is 0 Å². The van der Waals surface area contributed by atoms with Crippen molar-refractivity contribution in [2.45, 2.75) is 38.6 Å². The average molecular weight is 227 g/mol. The summed E-state index contributed by atoms with van der Waals surface area (Å²) in [5.41, 5.74) is 5.74. The number of amides is 1. The third kappa shape index (κ3) is 3.76. The topological polar surface area (TPSA) is 49.6 Å². The van der Waals surface area contributed by atoms with Gasteiger partial charge in [-0.05, 0) is 32.9 Å². The van der Waals surface area contributed by atoms with E-state index >= 15 is 0 Å². The molecule has 0 aliphatic carbocycles. The minimum absolute atomic E-state index is 0.202. The molecule has 1 saturated heterocycles. The van der Waals surface area contributed by atoms with Crippen molar-refractivity contribution in [3.8, 4) is 0 Å². The Kier molecular flexibility index (Phi) is 5.77. The van der Waals surface area contributed by atoms with E-state index in [2.05, 4.69) is 18.9 Å². The van der Waals surface area contributed by atoms with Crippen LogP contribution < -0.4 is 5.73 Å². The zero-order valence-corrected chi connectivity index (χ0v) is 10.6. The first kappa shape index (κ1) is 13.5. The molecule has 0 spiro atoms. The lowest BCUT2D eigenvalue weighted by molar-refractivity contribution is -0.131. The Morgan fingerprint density at radius 2 is 2.06 bits per heavy atom. The third-order valence-electron chi connectivity index (χ3n) is 3.34. The van der Waals surface area contributed by atoms with Crippen molar-refractivity contribution in [1.29, 1.82) is 0 Å². The van der Waals surface area contributed by atoms with Crippen molar-refractivity contribution in [3.63, 3.8) is 0 Å². The number of rotatable bonds is 6. The largest absolute Gasteiger partial charge is 0.343 e. The molecule has 0 aromatic rings. The van der Waals surface area contributed by atoms with Gasteiger partial charge < -0.3 is 15.5 Å². The van der Waals surface area contributed by atoms with Crippen LogP contribution in [-0.4, -0.2) is 55.0 Å². The highest BCUT2D eigenvalue weighted by molar-refractivity contribution is 5.77. The predicted molar refractivity (Wildman–Crippen MR) is 66.2 cm³/mol. The van der Waals surface area contributed by atoms with Gasteiger partial charge in [-0.25, -0.2) is 0 Å². The number of nitrogens with two attached hydrogens (primary N) is 1. The molecule has 1 aliphatic rings. The molecule has 4 heteroatoms. The Hall–Kier alpha value is -0.610. The van der Waals surface area contributed by atoms with Crippen LogP contribution in [0.15, 0.2) is 0 Å². The number of hydrogen-bond acceptors (Lipinski definition) is 3. The first-order valence-corrected chi connectivity index (χ1v) is 6.37. The summed E-state index contributed by atoms with van der Waals surface area (Å²) in [5.74, 6) is 0.274. The fourth-order valence-corrected chi connectivity index (χ4v) is 2.25. The van der Waals surface area contributed by atoms with Gasteiger partial charge in [0.2, 0.25) is 5.91 Å². The van der Waals surface area contributed by atoms with Crippen LogP contribution >= 0.6 is 0 Å². The van der Waals surface area contributed by atoms with E-state index < -0.39 is 0 Å². The van der Waals surface area contributed by atoms with Gasteiger partial charge in [-0.1, -0.05) is 6.92 Å². The first-order chi connectivity index (χ1) is 7.69. The number of nitrogens with zero attached hydrogens (tertiary/aromatic N) is 2. The summed E-state index contributed by atoms with van der Waals surface area (Å²) in [6.07, 6.45) is 3.99. The van der Waals surface area contributed by atoms with E-state index in [-0.39, 0.29) is 11.9 Å². The number of likely N-dealkylation sites (tertiary alicyclic amines) is 1. The summed E-state index contributed by atoms with van der Waals surface area (Å²) in [6, 6.07) is 0.202. The fraction of sp³-hybridized carbons (Fsp3) is 0.917. The minimum atomic E-state index is 0.202. The van der Waals surface area contributed by atoms with Crippen LogP contribution in [0.1, 0.15) is 32.6 Å². The maximum atomic E-state index is 12.0. The number of carbonyl (C=O) groups is 1. The molecule has 1 rings (SSSR count). The maximum absolute atomic E-state index is 12.0. The van der Waals surface area contributed by atoms with Crippen LogP contribution in [0.2, 0.25) is 0 Å². The molecule has 0 bridgehead atoms. The highest BCUT2D eigenvalue weighted by Gasteiger charge is 2.22. The zero-order valence-electron chi connectivity index (χ0n) is 10.6. The number of carbonyl (C=O) groups excluding carboxylic acids is 1. The van der Waals surface area contributed by atoms with E-state index in [1.54, 1.807) is 0 Å².